The average Bonchev–Trinajstić information content (AvgIpc) is 2.59. The van der Waals surface area contributed by atoms with Gasteiger partial charge in [0, 0.05) is 24.7 Å². The van der Waals surface area contributed by atoms with Gasteiger partial charge in [-0.3, -0.25) is 4.90 Å². The summed E-state index contributed by atoms with van der Waals surface area (Å²) >= 11 is 0. The first-order valence-electron chi connectivity index (χ1n) is 8.85. The highest BCUT2D eigenvalue weighted by Crippen LogP contribution is 2.49. The molecule has 23 heavy (non-hydrogen) atoms. The minimum Gasteiger partial charge on any atom is -0.504 e. The zero-order valence-corrected chi connectivity index (χ0v) is 14.8. The van der Waals surface area contributed by atoms with E-state index < -0.39 is 0 Å². The van der Waals surface area contributed by atoms with Gasteiger partial charge in [0.05, 0.1) is 14.2 Å². The Kier molecular flexibility index (Phi) is 4.72. The van der Waals surface area contributed by atoms with E-state index in [1.165, 1.54) is 31.4 Å². The SMILES string of the molecule is CCC1CC2c3cc(OC)c(OC)c(O)c3CCN2CC1CC. The van der Waals surface area contributed by atoms with E-state index in [9.17, 15) is 5.11 Å². The van der Waals surface area contributed by atoms with Crippen molar-refractivity contribution in [3.8, 4) is 17.2 Å². The second-order valence-corrected chi connectivity index (χ2v) is 6.86. The van der Waals surface area contributed by atoms with Crippen molar-refractivity contribution in [1.29, 1.82) is 0 Å². The van der Waals surface area contributed by atoms with Gasteiger partial charge in [-0.15, -0.1) is 0 Å². The predicted molar refractivity (Wildman–Crippen MR) is 91.4 cm³/mol. The van der Waals surface area contributed by atoms with E-state index in [1.54, 1.807) is 14.2 Å². The second kappa shape index (κ2) is 6.60. The number of benzene rings is 1. The van der Waals surface area contributed by atoms with Crippen LogP contribution in [0, 0.1) is 11.8 Å². The number of nitrogens with zero attached hydrogens (tertiary/aromatic N) is 1. The number of ether oxygens (including phenoxy) is 2. The zero-order valence-electron chi connectivity index (χ0n) is 14.8. The molecule has 1 fully saturated rings. The van der Waals surface area contributed by atoms with E-state index in [4.69, 9.17) is 9.47 Å². The molecule has 1 aromatic rings. The van der Waals surface area contributed by atoms with Crippen molar-refractivity contribution in [2.75, 3.05) is 27.3 Å². The minimum atomic E-state index is 0.271. The summed E-state index contributed by atoms with van der Waals surface area (Å²) in [6, 6.07) is 2.49. The molecule has 0 radical (unpaired) electrons. The molecule has 0 aromatic heterocycles. The third kappa shape index (κ3) is 2.67. The van der Waals surface area contributed by atoms with E-state index >= 15 is 0 Å². The van der Waals surface area contributed by atoms with E-state index in [0.717, 1.165) is 30.4 Å². The molecule has 0 spiro atoms. The largest absolute Gasteiger partial charge is 0.504 e. The number of methoxy groups -OCH3 is 2. The lowest BCUT2D eigenvalue weighted by Gasteiger charge is -2.47. The summed E-state index contributed by atoms with van der Waals surface area (Å²) in [5.41, 5.74) is 2.29. The number of hydrogen-bond donors (Lipinski definition) is 1. The fourth-order valence-electron chi connectivity index (χ4n) is 4.59. The van der Waals surface area contributed by atoms with Gasteiger partial charge < -0.3 is 14.6 Å². The molecule has 0 amide bonds. The molecular formula is C19H29NO3. The quantitative estimate of drug-likeness (QED) is 0.917. The van der Waals surface area contributed by atoms with E-state index in [2.05, 4.69) is 24.8 Å². The minimum absolute atomic E-state index is 0.271. The van der Waals surface area contributed by atoms with Crippen LogP contribution in [0.25, 0.3) is 0 Å². The van der Waals surface area contributed by atoms with Crippen molar-refractivity contribution in [2.24, 2.45) is 11.8 Å². The van der Waals surface area contributed by atoms with Crippen LogP contribution in [0.4, 0.5) is 0 Å². The van der Waals surface area contributed by atoms with Gasteiger partial charge in [0.15, 0.2) is 11.5 Å². The van der Waals surface area contributed by atoms with Crippen LogP contribution in [-0.2, 0) is 6.42 Å². The maximum atomic E-state index is 10.6. The number of phenols is 1. The molecule has 1 aromatic carbocycles. The predicted octanol–water partition coefficient (Wildman–Crippen LogP) is 3.76. The number of hydrogen-bond acceptors (Lipinski definition) is 4. The number of fused-ring (bicyclic) bond motifs is 3. The van der Waals surface area contributed by atoms with Crippen molar-refractivity contribution < 1.29 is 14.6 Å². The third-order valence-corrected chi connectivity index (χ3v) is 5.94. The molecule has 1 saturated heterocycles. The van der Waals surface area contributed by atoms with Crippen LogP contribution in [0.2, 0.25) is 0 Å². The lowest BCUT2D eigenvalue weighted by atomic mass is 9.74. The lowest BCUT2D eigenvalue weighted by Crippen LogP contribution is -2.45. The smallest absolute Gasteiger partial charge is 0.203 e. The molecule has 0 bridgehead atoms. The van der Waals surface area contributed by atoms with Crippen molar-refractivity contribution in [3.05, 3.63) is 17.2 Å². The first-order valence-corrected chi connectivity index (χ1v) is 8.85. The molecule has 3 atom stereocenters. The van der Waals surface area contributed by atoms with Gasteiger partial charge >= 0.3 is 0 Å². The molecule has 2 aliphatic rings. The topological polar surface area (TPSA) is 41.9 Å². The molecule has 4 heteroatoms. The summed E-state index contributed by atoms with van der Waals surface area (Å²) in [6.07, 6.45) is 4.55. The van der Waals surface area contributed by atoms with E-state index in [-0.39, 0.29) is 5.75 Å². The first-order chi connectivity index (χ1) is 11.1. The highest BCUT2D eigenvalue weighted by Gasteiger charge is 2.39. The average molecular weight is 319 g/mol. The van der Waals surface area contributed by atoms with E-state index in [0.29, 0.717) is 17.5 Å². The Balaban J connectivity index is 2.01. The number of rotatable bonds is 4. The normalized spacial score (nSPS) is 27.2. The van der Waals surface area contributed by atoms with Gasteiger partial charge in [0.25, 0.3) is 0 Å². The highest BCUT2D eigenvalue weighted by atomic mass is 16.5. The molecule has 4 nitrogen and oxygen atoms in total. The van der Waals surface area contributed by atoms with Gasteiger partial charge in [-0.05, 0) is 36.3 Å². The standard InChI is InChI=1S/C19H29NO3/c1-5-12-9-16-15-10-17(22-3)19(23-4)18(21)14(15)7-8-20(16)11-13(12)6-2/h10,12-13,16,21H,5-9,11H2,1-4H3. The Morgan fingerprint density at radius 2 is 1.91 bits per heavy atom. The second-order valence-electron chi connectivity index (χ2n) is 6.86. The Bertz CT molecular complexity index is 572. The maximum absolute atomic E-state index is 10.6. The first kappa shape index (κ1) is 16.4. The Morgan fingerprint density at radius 3 is 2.52 bits per heavy atom. The Labute approximate surface area is 139 Å². The third-order valence-electron chi connectivity index (χ3n) is 5.94. The number of phenolic OH excluding ortho intramolecular Hbond substituents is 1. The number of aromatic hydroxyl groups is 1. The maximum Gasteiger partial charge on any atom is 0.203 e. The molecule has 128 valence electrons. The number of piperidine rings is 1. The lowest BCUT2D eigenvalue weighted by molar-refractivity contribution is 0.0498. The molecular weight excluding hydrogens is 290 g/mol. The van der Waals surface area contributed by atoms with Crippen molar-refractivity contribution >= 4 is 0 Å². The molecule has 2 heterocycles. The molecule has 2 aliphatic heterocycles. The fraction of sp³-hybridized carbons (Fsp3) is 0.684. The van der Waals surface area contributed by atoms with Gasteiger partial charge in [-0.1, -0.05) is 26.7 Å². The van der Waals surface area contributed by atoms with Crippen LogP contribution in [0.15, 0.2) is 6.07 Å². The van der Waals surface area contributed by atoms with Gasteiger partial charge in [-0.2, -0.15) is 0 Å². The van der Waals surface area contributed by atoms with Crippen molar-refractivity contribution in [1.82, 2.24) is 4.90 Å². The van der Waals surface area contributed by atoms with Crippen LogP contribution in [0.3, 0.4) is 0 Å². The van der Waals surface area contributed by atoms with Crippen LogP contribution in [0.5, 0.6) is 17.2 Å². The van der Waals surface area contributed by atoms with Crippen molar-refractivity contribution in [3.63, 3.8) is 0 Å². The molecule has 1 N–H and O–H groups in total. The van der Waals surface area contributed by atoms with Crippen LogP contribution >= 0.6 is 0 Å². The summed E-state index contributed by atoms with van der Waals surface area (Å²) in [7, 11) is 3.21. The van der Waals surface area contributed by atoms with Crippen LogP contribution in [0.1, 0.15) is 50.3 Å². The summed E-state index contributed by atoms with van der Waals surface area (Å²) in [6.45, 7) is 6.81. The summed E-state index contributed by atoms with van der Waals surface area (Å²) < 4.78 is 10.8. The Morgan fingerprint density at radius 1 is 1.17 bits per heavy atom. The molecule has 0 saturated carbocycles. The van der Waals surface area contributed by atoms with Crippen LogP contribution < -0.4 is 9.47 Å². The monoisotopic (exact) mass is 319 g/mol. The van der Waals surface area contributed by atoms with Crippen LogP contribution in [-0.4, -0.2) is 37.3 Å². The summed E-state index contributed by atoms with van der Waals surface area (Å²) in [5.74, 6) is 2.94. The van der Waals surface area contributed by atoms with Crippen molar-refractivity contribution in [2.45, 2.75) is 45.6 Å². The Hall–Kier alpha value is -1.42. The van der Waals surface area contributed by atoms with E-state index in [1.807, 2.05) is 0 Å². The van der Waals surface area contributed by atoms with Gasteiger partial charge in [-0.25, -0.2) is 0 Å². The fourth-order valence-corrected chi connectivity index (χ4v) is 4.59. The molecule has 3 unspecified atom stereocenters. The van der Waals surface area contributed by atoms with Gasteiger partial charge in [0.2, 0.25) is 5.75 Å². The zero-order chi connectivity index (χ0) is 16.6. The van der Waals surface area contributed by atoms with Gasteiger partial charge in [0.1, 0.15) is 0 Å². The molecule has 0 aliphatic carbocycles. The summed E-state index contributed by atoms with van der Waals surface area (Å²) in [4.78, 5) is 2.61. The molecule has 3 rings (SSSR count). The summed E-state index contributed by atoms with van der Waals surface area (Å²) in [5, 5.41) is 10.6. The highest BCUT2D eigenvalue weighted by molar-refractivity contribution is 5.59.